The van der Waals surface area contributed by atoms with Crippen LogP contribution < -0.4 is 10.1 Å². The molecular weight excluding hydrogens is 344 g/mol. The van der Waals surface area contributed by atoms with Crippen LogP contribution >= 0.6 is 0 Å². The van der Waals surface area contributed by atoms with Gasteiger partial charge in [0.2, 0.25) is 0 Å². The van der Waals surface area contributed by atoms with Crippen LogP contribution in [0.5, 0.6) is 11.5 Å². The summed E-state index contributed by atoms with van der Waals surface area (Å²) in [6.07, 6.45) is 0. The molecule has 1 N–H and O–H groups in total. The second kappa shape index (κ2) is 7.70. The van der Waals surface area contributed by atoms with Gasteiger partial charge < -0.3 is 10.1 Å². The van der Waals surface area contributed by atoms with Gasteiger partial charge in [-0.05, 0) is 55.3 Å². The van der Waals surface area contributed by atoms with Gasteiger partial charge >= 0.3 is 0 Å². The smallest absolute Gasteiger partial charge is 0.270 e. The van der Waals surface area contributed by atoms with Gasteiger partial charge in [-0.15, -0.1) is 0 Å². The summed E-state index contributed by atoms with van der Waals surface area (Å²) in [7, 11) is 0. The number of hydrogen-bond donors (Lipinski definition) is 1. The van der Waals surface area contributed by atoms with E-state index in [1.54, 1.807) is 24.3 Å². The molecular formula is C21H18N2O4. The minimum Gasteiger partial charge on any atom is -0.457 e. The van der Waals surface area contributed by atoms with Crippen molar-refractivity contribution in [3.05, 3.63) is 93.5 Å². The van der Waals surface area contributed by atoms with Crippen molar-refractivity contribution in [3.8, 4) is 11.5 Å². The van der Waals surface area contributed by atoms with Crippen molar-refractivity contribution in [2.45, 2.75) is 13.8 Å². The number of ether oxygens (including phenoxy) is 1. The molecule has 0 bridgehead atoms. The highest BCUT2D eigenvalue weighted by molar-refractivity contribution is 6.04. The molecule has 1 amide bonds. The number of amides is 1. The predicted molar refractivity (Wildman–Crippen MR) is 103 cm³/mol. The Hall–Kier alpha value is -3.67. The molecule has 0 saturated heterocycles. The van der Waals surface area contributed by atoms with E-state index in [0.29, 0.717) is 11.4 Å². The van der Waals surface area contributed by atoms with Crippen molar-refractivity contribution in [1.29, 1.82) is 0 Å². The summed E-state index contributed by atoms with van der Waals surface area (Å²) in [4.78, 5) is 22.6. The van der Waals surface area contributed by atoms with E-state index < -0.39 is 10.8 Å². The summed E-state index contributed by atoms with van der Waals surface area (Å²) in [5.74, 6) is 1.05. The summed E-state index contributed by atoms with van der Waals surface area (Å²) in [6.45, 7) is 3.96. The predicted octanol–water partition coefficient (Wildman–Crippen LogP) is 5.26. The summed E-state index contributed by atoms with van der Waals surface area (Å²) in [5.41, 5.74) is 2.75. The highest BCUT2D eigenvalue weighted by Crippen LogP contribution is 2.29. The Morgan fingerprint density at radius 2 is 1.59 bits per heavy atom. The minimum absolute atomic E-state index is 0.125. The van der Waals surface area contributed by atoms with E-state index in [1.165, 1.54) is 24.3 Å². The molecule has 0 atom stereocenters. The zero-order chi connectivity index (χ0) is 19.4. The quantitative estimate of drug-likeness (QED) is 0.496. The first kappa shape index (κ1) is 18.1. The Bertz CT molecular complexity index is 977. The first-order valence-electron chi connectivity index (χ1n) is 8.34. The number of para-hydroxylation sites is 1. The van der Waals surface area contributed by atoms with E-state index in [0.717, 1.165) is 16.9 Å². The van der Waals surface area contributed by atoms with Crippen molar-refractivity contribution in [3.63, 3.8) is 0 Å². The largest absolute Gasteiger partial charge is 0.457 e. The highest BCUT2D eigenvalue weighted by Gasteiger charge is 2.12. The number of non-ortho nitro benzene ring substituents is 1. The molecule has 0 saturated carbocycles. The second-order valence-electron chi connectivity index (χ2n) is 6.11. The lowest BCUT2D eigenvalue weighted by Gasteiger charge is -2.12. The normalized spacial score (nSPS) is 10.3. The molecule has 0 aliphatic carbocycles. The molecule has 0 aromatic heterocycles. The Balaban J connectivity index is 1.71. The Kier molecular flexibility index (Phi) is 5.17. The molecule has 3 aromatic rings. The van der Waals surface area contributed by atoms with Crippen LogP contribution in [0, 0.1) is 24.0 Å². The summed E-state index contributed by atoms with van der Waals surface area (Å²) in [6, 6.07) is 18.5. The van der Waals surface area contributed by atoms with Crippen molar-refractivity contribution in [1.82, 2.24) is 0 Å². The van der Waals surface area contributed by atoms with Gasteiger partial charge in [-0.1, -0.05) is 24.3 Å². The maximum Gasteiger partial charge on any atom is 0.270 e. The van der Waals surface area contributed by atoms with Crippen molar-refractivity contribution >= 4 is 17.3 Å². The molecule has 6 heteroatoms. The van der Waals surface area contributed by atoms with Crippen LogP contribution in [-0.4, -0.2) is 10.8 Å². The topological polar surface area (TPSA) is 81.5 Å². The number of nitrogens with zero attached hydrogens (tertiary/aromatic N) is 1. The van der Waals surface area contributed by atoms with E-state index in [-0.39, 0.29) is 11.3 Å². The first-order chi connectivity index (χ1) is 12.9. The van der Waals surface area contributed by atoms with Crippen molar-refractivity contribution < 1.29 is 14.5 Å². The summed E-state index contributed by atoms with van der Waals surface area (Å²) >= 11 is 0. The number of benzene rings is 3. The summed E-state index contributed by atoms with van der Waals surface area (Å²) < 4.78 is 5.94. The molecule has 0 aliphatic heterocycles. The third-order valence-electron chi connectivity index (χ3n) is 4.06. The number of anilines is 1. The molecule has 3 aromatic carbocycles. The molecule has 0 heterocycles. The Morgan fingerprint density at radius 1 is 0.963 bits per heavy atom. The number of aryl methyl sites for hydroxylation is 2. The third kappa shape index (κ3) is 4.30. The van der Waals surface area contributed by atoms with Gasteiger partial charge in [0, 0.05) is 23.4 Å². The Labute approximate surface area is 156 Å². The lowest BCUT2D eigenvalue weighted by atomic mass is 10.1. The van der Waals surface area contributed by atoms with Crippen molar-refractivity contribution in [2.24, 2.45) is 0 Å². The van der Waals surface area contributed by atoms with Crippen LogP contribution in [0.4, 0.5) is 11.4 Å². The maximum absolute atomic E-state index is 12.3. The molecule has 0 aliphatic rings. The molecule has 136 valence electrons. The number of hydrogen-bond acceptors (Lipinski definition) is 4. The highest BCUT2D eigenvalue weighted by atomic mass is 16.6. The van der Waals surface area contributed by atoms with Gasteiger partial charge in [0.25, 0.3) is 11.6 Å². The van der Waals surface area contributed by atoms with E-state index in [2.05, 4.69) is 5.32 Å². The van der Waals surface area contributed by atoms with Gasteiger partial charge in [-0.3, -0.25) is 14.9 Å². The number of carbonyl (C=O) groups is 1. The monoisotopic (exact) mass is 362 g/mol. The van der Waals surface area contributed by atoms with E-state index in [9.17, 15) is 14.9 Å². The van der Waals surface area contributed by atoms with Gasteiger partial charge in [0.05, 0.1) is 4.92 Å². The van der Waals surface area contributed by atoms with Crippen molar-refractivity contribution in [2.75, 3.05) is 5.32 Å². The van der Waals surface area contributed by atoms with E-state index >= 15 is 0 Å². The lowest BCUT2D eigenvalue weighted by Crippen LogP contribution is -2.11. The van der Waals surface area contributed by atoms with Crippen LogP contribution in [0.3, 0.4) is 0 Å². The van der Waals surface area contributed by atoms with Crippen LogP contribution in [0.15, 0.2) is 66.7 Å². The minimum atomic E-state index is -0.531. The Morgan fingerprint density at radius 3 is 2.22 bits per heavy atom. The lowest BCUT2D eigenvalue weighted by molar-refractivity contribution is -0.384. The van der Waals surface area contributed by atoms with Crippen LogP contribution in [0.2, 0.25) is 0 Å². The van der Waals surface area contributed by atoms with Gasteiger partial charge in [-0.25, -0.2) is 0 Å². The average molecular weight is 362 g/mol. The summed E-state index contributed by atoms with van der Waals surface area (Å²) in [5, 5.41) is 13.6. The van der Waals surface area contributed by atoms with Gasteiger partial charge in [0.15, 0.2) is 0 Å². The molecule has 6 nitrogen and oxygen atoms in total. The zero-order valence-electron chi connectivity index (χ0n) is 14.9. The number of rotatable bonds is 5. The first-order valence-corrected chi connectivity index (χ1v) is 8.34. The zero-order valence-corrected chi connectivity index (χ0v) is 14.9. The van der Waals surface area contributed by atoms with E-state index in [1.807, 2.05) is 32.0 Å². The number of nitrogens with one attached hydrogen (secondary N) is 1. The fourth-order valence-electron chi connectivity index (χ4n) is 2.65. The van der Waals surface area contributed by atoms with Crippen LogP contribution in [-0.2, 0) is 0 Å². The average Bonchev–Trinajstić information content (AvgIpc) is 2.66. The number of nitro groups is 1. The van der Waals surface area contributed by atoms with Gasteiger partial charge in [0.1, 0.15) is 11.5 Å². The SMILES string of the molecule is Cc1cccc(C)c1Oc1ccc(NC(=O)c2cccc([N+](=O)[O-])c2)cc1. The molecule has 0 fully saturated rings. The molecule has 0 unspecified atom stereocenters. The maximum atomic E-state index is 12.3. The third-order valence-corrected chi connectivity index (χ3v) is 4.06. The molecule has 0 spiro atoms. The second-order valence-corrected chi connectivity index (χ2v) is 6.11. The van der Waals surface area contributed by atoms with Crippen LogP contribution in [0.25, 0.3) is 0 Å². The van der Waals surface area contributed by atoms with Gasteiger partial charge in [-0.2, -0.15) is 0 Å². The van der Waals surface area contributed by atoms with Crippen LogP contribution in [0.1, 0.15) is 21.5 Å². The molecule has 0 radical (unpaired) electrons. The molecule has 3 rings (SSSR count). The van der Waals surface area contributed by atoms with E-state index in [4.69, 9.17) is 4.74 Å². The molecule has 27 heavy (non-hydrogen) atoms. The fourth-order valence-corrected chi connectivity index (χ4v) is 2.65. The standard InChI is InChI=1S/C21H18N2O4/c1-14-5-3-6-15(2)20(14)27-19-11-9-17(10-12-19)22-21(24)16-7-4-8-18(13-16)23(25)26/h3-13H,1-2H3,(H,22,24). The fraction of sp³-hybridized carbons (Fsp3) is 0.0952. The number of carbonyl (C=O) groups excluding carboxylic acids is 1. The number of nitro benzene ring substituents is 1.